The molecule has 1 amide bonds. The molecule has 0 bridgehead atoms. The quantitative estimate of drug-likeness (QED) is 0.684. The molecule has 1 saturated heterocycles. The second-order valence-corrected chi connectivity index (χ2v) is 4.48. The van der Waals surface area contributed by atoms with Crippen molar-refractivity contribution in [2.45, 2.75) is 25.3 Å². The van der Waals surface area contributed by atoms with Crippen molar-refractivity contribution in [3.63, 3.8) is 0 Å². The lowest BCUT2D eigenvalue weighted by molar-refractivity contribution is -0.126. The fourth-order valence-corrected chi connectivity index (χ4v) is 2.14. The van der Waals surface area contributed by atoms with E-state index in [9.17, 15) is 4.79 Å². The summed E-state index contributed by atoms with van der Waals surface area (Å²) >= 11 is 0. The average Bonchev–Trinajstić information content (AvgIpc) is 2.38. The lowest BCUT2D eigenvalue weighted by Crippen LogP contribution is -2.51. The van der Waals surface area contributed by atoms with Gasteiger partial charge in [-0.2, -0.15) is 0 Å². The van der Waals surface area contributed by atoms with Crippen molar-refractivity contribution in [2.24, 2.45) is 5.92 Å². The van der Waals surface area contributed by atoms with Gasteiger partial charge in [-0.1, -0.05) is 12.2 Å². The van der Waals surface area contributed by atoms with Crippen LogP contribution >= 0.6 is 0 Å². The zero-order valence-electron chi connectivity index (χ0n) is 9.58. The molecule has 0 aromatic rings. The van der Waals surface area contributed by atoms with Crippen LogP contribution in [0.15, 0.2) is 12.2 Å². The van der Waals surface area contributed by atoms with Gasteiger partial charge in [-0.25, -0.2) is 0 Å². The third-order valence-electron chi connectivity index (χ3n) is 3.18. The Morgan fingerprint density at radius 2 is 2.44 bits per heavy atom. The molecular weight excluding hydrogens is 204 g/mol. The van der Waals surface area contributed by atoms with Gasteiger partial charge in [0.25, 0.3) is 0 Å². The van der Waals surface area contributed by atoms with E-state index in [0.717, 1.165) is 25.9 Å². The van der Waals surface area contributed by atoms with Crippen LogP contribution < -0.4 is 10.6 Å². The van der Waals surface area contributed by atoms with E-state index in [2.05, 4.69) is 22.8 Å². The summed E-state index contributed by atoms with van der Waals surface area (Å²) in [5.74, 6) is 0.688. The lowest BCUT2D eigenvalue weighted by atomic mass is 9.94. The first-order valence-corrected chi connectivity index (χ1v) is 6.10. The molecule has 0 radical (unpaired) electrons. The molecule has 4 heteroatoms. The van der Waals surface area contributed by atoms with Crippen molar-refractivity contribution in [2.75, 3.05) is 26.3 Å². The first-order valence-electron chi connectivity index (χ1n) is 6.10. The fraction of sp³-hybridized carbons (Fsp3) is 0.750. The highest BCUT2D eigenvalue weighted by Gasteiger charge is 2.21. The molecule has 4 nitrogen and oxygen atoms in total. The van der Waals surface area contributed by atoms with Crippen LogP contribution in [-0.2, 0) is 9.53 Å². The first-order chi connectivity index (χ1) is 7.86. The minimum absolute atomic E-state index is 0.0780. The molecule has 2 N–H and O–H groups in total. The van der Waals surface area contributed by atoms with Crippen LogP contribution in [0.3, 0.4) is 0 Å². The van der Waals surface area contributed by atoms with Gasteiger partial charge in [0.05, 0.1) is 13.2 Å². The highest BCUT2D eigenvalue weighted by Crippen LogP contribution is 2.16. The smallest absolute Gasteiger partial charge is 0.239 e. The average molecular weight is 224 g/mol. The number of nitrogens with one attached hydrogen (secondary N) is 2. The Bertz CT molecular complexity index is 260. The normalized spacial score (nSPS) is 30.0. The van der Waals surface area contributed by atoms with E-state index in [1.165, 1.54) is 6.42 Å². The summed E-state index contributed by atoms with van der Waals surface area (Å²) in [4.78, 5) is 11.8. The molecular formula is C12H20N2O2. The van der Waals surface area contributed by atoms with E-state index in [4.69, 9.17) is 4.74 Å². The van der Waals surface area contributed by atoms with E-state index < -0.39 is 0 Å². The molecule has 2 aliphatic rings. The Labute approximate surface area is 96.4 Å². The SMILES string of the molecule is O=C(NCC1CC=CCC1)C1COCCN1. The first kappa shape index (κ1) is 11.6. The van der Waals surface area contributed by atoms with Crippen molar-refractivity contribution in [1.29, 1.82) is 0 Å². The summed E-state index contributed by atoms with van der Waals surface area (Å²) in [6, 6.07) is -0.159. The monoisotopic (exact) mass is 224 g/mol. The molecule has 90 valence electrons. The van der Waals surface area contributed by atoms with Crippen LogP contribution in [0.5, 0.6) is 0 Å². The van der Waals surface area contributed by atoms with Crippen molar-refractivity contribution in [1.82, 2.24) is 10.6 Å². The van der Waals surface area contributed by atoms with Crippen LogP contribution in [0.4, 0.5) is 0 Å². The Morgan fingerprint density at radius 3 is 3.12 bits per heavy atom. The summed E-state index contributed by atoms with van der Waals surface area (Å²) in [7, 11) is 0. The molecule has 1 fully saturated rings. The van der Waals surface area contributed by atoms with Gasteiger partial charge in [-0.3, -0.25) is 4.79 Å². The highest BCUT2D eigenvalue weighted by atomic mass is 16.5. The molecule has 16 heavy (non-hydrogen) atoms. The predicted molar refractivity (Wildman–Crippen MR) is 62.1 cm³/mol. The van der Waals surface area contributed by atoms with Gasteiger partial charge in [-0.15, -0.1) is 0 Å². The van der Waals surface area contributed by atoms with Gasteiger partial charge in [-0.05, 0) is 25.2 Å². The molecule has 2 rings (SSSR count). The zero-order chi connectivity index (χ0) is 11.2. The molecule has 1 aliphatic heterocycles. The second kappa shape index (κ2) is 6.01. The number of amides is 1. The van der Waals surface area contributed by atoms with E-state index in [0.29, 0.717) is 19.1 Å². The van der Waals surface area contributed by atoms with Gasteiger partial charge in [0.1, 0.15) is 6.04 Å². The third-order valence-corrected chi connectivity index (χ3v) is 3.18. The second-order valence-electron chi connectivity index (χ2n) is 4.48. The zero-order valence-corrected chi connectivity index (χ0v) is 9.58. The number of ether oxygens (including phenoxy) is 1. The Hall–Kier alpha value is -0.870. The van der Waals surface area contributed by atoms with E-state index in [1.54, 1.807) is 0 Å². The number of hydrogen-bond donors (Lipinski definition) is 2. The summed E-state index contributed by atoms with van der Waals surface area (Å²) in [5, 5.41) is 6.16. The lowest BCUT2D eigenvalue weighted by Gasteiger charge is -2.24. The van der Waals surface area contributed by atoms with Crippen LogP contribution in [0.2, 0.25) is 0 Å². The molecule has 0 saturated carbocycles. The number of carbonyl (C=O) groups excluding carboxylic acids is 1. The standard InChI is InChI=1S/C12H20N2O2/c15-12(11-9-16-7-6-13-11)14-8-10-4-2-1-3-5-10/h1-2,10-11,13H,3-9H2,(H,14,15). The van der Waals surface area contributed by atoms with Gasteiger partial charge >= 0.3 is 0 Å². The molecule has 0 aromatic heterocycles. The molecule has 1 aliphatic carbocycles. The number of rotatable bonds is 3. The van der Waals surface area contributed by atoms with Crippen molar-refractivity contribution in [3.05, 3.63) is 12.2 Å². The minimum Gasteiger partial charge on any atom is -0.378 e. The summed E-state index contributed by atoms with van der Waals surface area (Å²) in [6.45, 7) is 2.76. The molecule has 2 atom stereocenters. The van der Waals surface area contributed by atoms with E-state index in [-0.39, 0.29) is 11.9 Å². The summed E-state index contributed by atoms with van der Waals surface area (Å²) in [5.41, 5.74) is 0. The fourth-order valence-electron chi connectivity index (χ4n) is 2.14. The summed E-state index contributed by atoms with van der Waals surface area (Å²) in [6.07, 6.45) is 7.85. The minimum atomic E-state index is -0.159. The summed E-state index contributed by atoms with van der Waals surface area (Å²) < 4.78 is 5.26. The largest absolute Gasteiger partial charge is 0.378 e. The maximum Gasteiger partial charge on any atom is 0.239 e. The molecule has 0 aromatic carbocycles. The van der Waals surface area contributed by atoms with Crippen LogP contribution in [-0.4, -0.2) is 38.3 Å². The predicted octanol–water partition coefficient (Wildman–Crippen LogP) is 0.447. The van der Waals surface area contributed by atoms with Gasteiger partial charge in [0, 0.05) is 13.1 Å². The highest BCUT2D eigenvalue weighted by molar-refractivity contribution is 5.81. The Morgan fingerprint density at radius 1 is 1.50 bits per heavy atom. The van der Waals surface area contributed by atoms with E-state index >= 15 is 0 Å². The molecule has 0 spiro atoms. The maximum atomic E-state index is 11.8. The Balaban J connectivity index is 1.68. The molecule has 1 heterocycles. The third kappa shape index (κ3) is 3.32. The van der Waals surface area contributed by atoms with Gasteiger partial charge in [0.2, 0.25) is 5.91 Å². The van der Waals surface area contributed by atoms with Crippen LogP contribution in [0.25, 0.3) is 0 Å². The number of allylic oxidation sites excluding steroid dienone is 2. The maximum absolute atomic E-state index is 11.8. The Kier molecular flexibility index (Phi) is 4.36. The van der Waals surface area contributed by atoms with Crippen LogP contribution in [0, 0.1) is 5.92 Å². The van der Waals surface area contributed by atoms with Gasteiger partial charge in [0.15, 0.2) is 0 Å². The van der Waals surface area contributed by atoms with Gasteiger partial charge < -0.3 is 15.4 Å². The molecule has 2 unspecified atom stereocenters. The van der Waals surface area contributed by atoms with Crippen molar-refractivity contribution < 1.29 is 9.53 Å². The van der Waals surface area contributed by atoms with Crippen LogP contribution in [0.1, 0.15) is 19.3 Å². The van der Waals surface area contributed by atoms with Crippen molar-refractivity contribution in [3.8, 4) is 0 Å². The number of carbonyl (C=O) groups is 1. The number of hydrogen-bond acceptors (Lipinski definition) is 3. The van der Waals surface area contributed by atoms with Crippen molar-refractivity contribution >= 4 is 5.91 Å². The number of morpholine rings is 1. The topological polar surface area (TPSA) is 50.4 Å². The van der Waals surface area contributed by atoms with E-state index in [1.807, 2.05) is 0 Å².